The van der Waals surface area contributed by atoms with Gasteiger partial charge in [-0.3, -0.25) is 0 Å². The molecule has 1 N–H and O–H groups in total. The van der Waals surface area contributed by atoms with Gasteiger partial charge in [0.2, 0.25) is 0 Å². The van der Waals surface area contributed by atoms with Crippen LogP contribution in [0.1, 0.15) is 100 Å². The van der Waals surface area contributed by atoms with E-state index < -0.39 is 6.71 Å². The molecule has 0 saturated carbocycles. The number of nitrogens with zero attached hydrogens (tertiary/aromatic N) is 4. The second kappa shape index (κ2) is 25.3. The van der Waals surface area contributed by atoms with Crippen LogP contribution < -0.4 is 79.2 Å². The Kier molecular flexibility index (Phi) is 15.3. The van der Waals surface area contributed by atoms with Crippen LogP contribution in [-0.4, -0.2) is 20.1 Å². The molecular formula is C106H90B3N5O3. The average molecular weight is 1510 g/mol. The van der Waals surface area contributed by atoms with Gasteiger partial charge < -0.3 is 38.5 Å². The summed E-state index contributed by atoms with van der Waals surface area (Å²) in [6, 6.07) is 81.9. The molecule has 566 valence electrons. The number of benzene rings is 14. The van der Waals surface area contributed by atoms with Crippen LogP contribution in [0.3, 0.4) is 0 Å². The first-order valence-electron chi connectivity index (χ1n) is 41.5. The number of furan rings is 2. The maximum Gasteiger partial charge on any atom is 0.301 e. The number of hydrogen-bond acceptors (Lipinski definition) is 8. The first kappa shape index (κ1) is 70.8. The third-order valence-corrected chi connectivity index (χ3v) is 26.5. The summed E-state index contributed by atoms with van der Waals surface area (Å²) in [6.45, 7) is 39.9. The molecule has 8 heterocycles. The fraction of sp³-hybridized carbons (Fsp3) is 0.170. The van der Waals surface area contributed by atoms with E-state index in [2.05, 4.69) is 362 Å². The molecule has 0 amide bonds. The molecule has 0 fully saturated rings. The molecule has 117 heavy (non-hydrogen) atoms. The monoisotopic (exact) mass is 1510 g/mol. The zero-order valence-electron chi connectivity index (χ0n) is 70.0. The van der Waals surface area contributed by atoms with E-state index in [0.29, 0.717) is 0 Å². The van der Waals surface area contributed by atoms with Gasteiger partial charge >= 0.3 is 6.71 Å². The molecule has 0 bridgehead atoms. The molecule has 14 aromatic carbocycles. The number of rotatable bonds is 7. The van der Waals surface area contributed by atoms with Crippen LogP contribution in [-0.2, 0) is 0 Å². The lowest BCUT2D eigenvalue weighted by Gasteiger charge is -2.48. The van der Waals surface area contributed by atoms with Crippen LogP contribution in [0.25, 0.3) is 55.3 Å². The fourth-order valence-electron chi connectivity index (χ4n) is 22.9. The first-order chi connectivity index (χ1) is 56.4. The number of hydrogen-bond donors (Lipinski definition) is 1. The lowest BCUT2D eigenvalue weighted by atomic mass is 9.30. The number of para-hydroxylation sites is 3. The van der Waals surface area contributed by atoms with Crippen molar-refractivity contribution in [3.8, 4) is 44.9 Å². The van der Waals surface area contributed by atoms with Crippen LogP contribution in [0.4, 0.5) is 79.6 Å². The number of anilines is 14. The van der Waals surface area contributed by atoms with Crippen molar-refractivity contribution >= 4 is 171 Å². The Morgan fingerprint density at radius 2 is 0.632 bits per heavy atom. The highest BCUT2D eigenvalue weighted by atomic mass is 16.5. The molecule has 6 aliphatic heterocycles. The Labute approximate surface area is 687 Å². The Balaban J connectivity index is 0.907. The summed E-state index contributed by atoms with van der Waals surface area (Å²) in [5, 5.41) is 6.38. The summed E-state index contributed by atoms with van der Waals surface area (Å²) in [6.07, 6.45) is 0. The summed E-state index contributed by atoms with van der Waals surface area (Å²) in [5.41, 5.74) is 56.3. The topological polar surface area (TPSA) is 60.5 Å². The van der Waals surface area contributed by atoms with Crippen molar-refractivity contribution in [3.05, 3.63) is 312 Å². The molecule has 8 nitrogen and oxygen atoms in total. The maximum absolute atomic E-state index is 7.65. The molecule has 2 aromatic heterocycles. The van der Waals surface area contributed by atoms with E-state index in [-0.39, 0.29) is 13.4 Å². The van der Waals surface area contributed by atoms with Crippen molar-refractivity contribution in [1.82, 2.24) is 0 Å². The minimum atomic E-state index is -0.409. The van der Waals surface area contributed by atoms with Crippen molar-refractivity contribution in [2.24, 2.45) is 0 Å². The van der Waals surface area contributed by atoms with E-state index in [9.17, 15) is 0 Å². The van der Waals surface area contributed by atoms with E-state index >= 15 is 0 Å². The van der Waals surface area contributed by atoms with Gasteiger partial charge in [0.25, 0.3) is 13.4 Å². The molecule has 22 rings (SSSR count). The van der Waals surface area contributed by atoms with Crippen molar-refractivity contribution < 1.29 is 13.6 Å². The van der Waals surface area contributed by atoms with Crippen LogP contribution >= 0.6 is 0 Å². The van der Waals surface area contributed by atoms with Gasteiger partial charge in [0.15, 0.2) is 5.75 Å². The second-order valence-electron chi connectivity index (χ2n) is 35.1. The molecule has 0 unspecified atom stereocenters. The van der Waals surface area contributed by atoms with Crippen molar-refractivity contribution in [1.29, 1.82) is 0 Å². The molecule has 16 aromatic rings. The van der Waals surface area contributed by atoms with Crippen LogP contribution in [0.5, 0.6) is 11.5 Å². The molecule has 11 heteroatoms. The number of aryl methyl sites for hydroxylation is 18. The Morgan fingerprint density at radius 3 is 1.12 bits per heavy atom. The SMILES string of the molecule is Cc1cc(C)c(-c2cc3c4c(c2)N(c2ccccc2)c2c(oc5ccccc25)B4c2cc4c(cc2N3)N(c2c(C)cc(C)cc2C)c2cc(-c3c(C)cc(C)cc3C)cc3c2B4c2cc4c(cc2N3c2c(C)cc(C)cc2C)N(c2c(C)cc(C)cc2C)c2cc(-c3c(C)cc(C)cc3C)cc3c2B4c2oc4ccccc4c2O3)c(C)c1. The predicted molar refractivity (Wildman–Crippen MR) is 497 cm³/mol. The van der Waals surface area contributed by atoms with Crippen LogP contribution in [0.2, 0.25) is 0 Å². The standard InChI is InChI=1S/C106H90B3N5O3/c1-54-32-60(7)94(61(8)33-54)72-44-83-97-87(45-72)111(75-26-20-19-21-27-75)103-76-28-22-24-30-91(76)116-105(103)108(97)78-50-79-84(52-82(78)110-83)112(100-66(13)38-57(4)39-67(100)14)88-46-73(95-62(9)34-55(2)35-63(95)10)47-89-98(88)107(79)80-51-81-86(53-85(80)113(89)101-68(15)40-58(5)41-69(101)16)114(102-70(17)42-59(6)43-71(102)18)90-48-74(96-64(11)36-56(3)37-65(96)12)49-93-99(90)109(81)106-104(115-93)77-29-23-25-31-92(77)117-106/h19-53,110H,1-18H3. The Hall–Kier alpha value is -12.8. The summed E-state index contributed by atoms with van der Waals surface area (Å²) in [5.74, 6) is 1.59. The van der Waals surface area contributed by atoms with Gasteiger partial charge in [-0.2, -0.15) is 0 Å². The highest BCUT2D eigenvalue weighted by Crippen LogP contribution is 2.55. The van der Waals surface area contributed by atoms with E-state index in [0.717, 1.165) is 141 Å². The van der Waals surface area contributed by atoms with Gasteiger partial charge in [-0.1, -0.05) is 161 Å². The quantitative estimate of drug-likeness (QED) is 0.158. The third-order valence-electron chi connectivity index (χ3n) is 26.5. The minimum absolute atomic E-state index is 0.350. The van der Waals surface area contributed by atoms with E-state index in [4.69, 9.17) is 13.6 Å². The van der Waals surface area contributed by atoms with Gasteiger partial charge in [0, 0.05) is 67.7 Å². The predicted octanol–water partition coefficient (Wildman–Crippen LogP) is 22.6. The van der Waals surface area contributed by atoms with Crippen molar-refractivity contribution in [3.63, 3.8) is 0 Å². The maximum atomic E-state index is 7.65. The van der Waals surface area contributed by atoms with Crippen molar-refractivity contribution in [2.75, 3.05) is 24.9 Å². The zero-order chi connectivity index (χ0) is 80.2. The lowest BCUT2D eigenvalue weighted by Crippen LogP contribution is -2.66. The molecular weight excluding hydrogens is 1420 g/mol. The first-order valence-corrected chi connectivity index (χ1v) is 41.5. The normalized spacial score (nSPS) is 13.6. The highest BCUT2D eigenvalue weighted by molar-refractivity contribution is 7.04. The molecule has 0 atom stereocenters. The van der Waals surface area contributed by atoms with Gasteiger partial charge in [0.1, 0.15) is 22.6 Å². The molecule has 0 saturated heterocycles. The smallest absolute Gasteiger partial charge is 0.301 e. The largest absolute Gasteiger partial charge is 0.468 e. The third kappa shape index (κ3) is 10.2. The van der Waals surface area contributed by atoms with Gasteiger partial charge in [-0.15, -0.1) is 0 Å². The van der Waals surface area contributed by atoms with E-state index in [1.807, 2.05) is 0 Å². The highest BCUT2D eigenvalue weighted by Gasteiger charge is 2.53. The molecule has 0 aliphatic carbocycles. The van der Waals surface area contributed by atoms with Crippen LogP contribution in [0, 0.1) is 125 Å². The fourth-order valence-corrected chi connectivity index (χ4v) is 22.9. The Morgan fingerprint density at radius 1 is 0.265 bits per heavy atom. The molecule has 6 aliphatic rings. The summed E-state index contributed by atoms with van der Waals surface area (Å²) >= 11 is 0. The minimum Gasteiger partial charge on any atom is -0.468 e. The van der Waals surface area contributed by atoms with E-state index in [1.165, 1.54) is 156 Å². The molecule has 0 spiro atoms. The summed E-state index contributed by atoms with van der Waals surface area (Å²) < 4.78 is 22.8. The summed E-state index contributed by atoms with van der Waals surface area (Å²) in [4.78, 5) is 10.5. The number of nitrogens with one attached hydrogen (secondary N) is 1. The summed E-state index contributed by atoms with van der Waals surface area (Å²) in [7, 11) is 0. The second-order valence-corrected chi connectivity index (χ2v) is 35.1. The Bertz CT molecular complexity index is 7040. The number of fused-ring (bicyclic) bond motifs is 16. The van der Waals surface area contributed by atoms with Gasteiger partial charge in [-0.25, -0.2) is 0 Å². The number of ether oxygens (including phenoxy) is 1. The van der Waals surface area contributed by atoms with Crippen molar-refractivity contribution in [2.45, 2.75) is 125 Å². The average Bonchev–Trinajstić information content (AvgIpc) is 1.39. The lowest BCUT2D eigenvalue weighted by molar-refractivity contribution is 0.482. The van der Waals surface area contributed by atoms with E-state index in [1.54, 1.807) is 0 Å². The van der Waals surface area contributed by atoms with Gasteiger partial charge in [0.05, 0.1) is 33.8 Å². The molecule has 0 radical (unpaired) electrons. The van der Waals surface area contributed by atoms with Gasteiger partial charge in [-0.05, 0) is 342 Å². The van der Waals surface area contributed by atoms with Crippen LogP contribution in [0.15, 0.2) is 221 Å². The zero-order valence-corrected chi connectivity index (χ0v) is 70.0.